The highest BCUT2D eigenvalue weighted by Crippen LogP contribution is 2.45. The highest BCUT2D eigenvalue weighted by molar-refractivity contribution is 7.47. The average Bonchev–Trinajstić information content (AvgIpc) is 3.40. The van der Waals surface area contributed by atoms with Crippen molar-refractivity contribution in [3.63, 3.8) is 0 Å². The van der Waals surface area contributed by atoms with E-state index in [1.807, 2.05) is 0 Å². The van der Waals surface area contributed by atoms with Crippen LogP contribution in [-0.2, 0) is 65.4 Å². The number of esters is 4. The largest absolute Gasteiger partial charge is 0.472 e. The summed E-state index contributed by atoms with van der Waals surface area (Å²) in [6.45, 7) is 9.31. The van der Waals surface area contributed by atoms with Gasteiger partial charge in [-0.1, -0.05) is 234 Å². The SMILES string of the molecule is CCCCCCCCCCCCC(=O)OC[C@H](COP(=O)(O)OC[C@@H](O)COP(=O)(O)OC[C@@H](COC(=O)CCCCCCCCC)OC(=O)CCCCCCCCC(C)C)OC(=O)CCCCCCCCCCC(C)CC. The average molecular weight is 1160 g/mol. The number of phosphoric acid groups is 2. The van der Waals surface area contributed by atoms with Crippen molar-refractivity contribution >= 4 is 39.5 Å². The normalized spacial score (nSPS) is 14.8. The van der Waals surface area contributed by atoms with Crippen molar-refractivity contribution in [2.45, 2.75) is 304 Å². The smallest absolute Gasteiger partial charge is 0.462 e. The van der Waals surface area contributed by atoms with Gasteiger partial charge in [0, 0.05) is 25.7 Å². The Balaban J connectivity index is 5.22. The lowest BCUT2D eigenvalue weighted by Gasteiger charge is -2.21. The molecule has 3 unspecified atom stereocenters. The van der Waals surface area contributed by atoms with Crippen LogP contribution >= 0.6 is 15.6 Å². The number of phosphoric ester groups is 2. The minimum Gasteiger partial charge on any atom is -0.462 e. The number of carbonyl (C=O) groups is 4. The Morgan fingerprint density at radius 3 is 0.974 bits per heavy atom. The van der Waals surface area contributed by atoms with Crippen LogP contribution in [0.2, 0.25) is 0 Å². The van der Waals surface area contributed by atoms with Gasteiger partial charge in [0.1, 0.15) is 19.3 Å². The van der Waals surface area contributed by atoms with E-state index >= 15 is 0 Å². The summed E-state index contributed by atoms with van der Waals surface area (Å²) in [6.07, 6.45) is 32.3. The van der Waals surface area contributed by atoms with E-state index in [9.17, 15) is 43.2 Å². The van der Waals surface area contributed by atoms with E-state index in [0.717, 1.165) is 109 Å². The Bertz CT molecular complexity index is 1550. The maximum atomic E-state index is 12.9. The summed E-state index contributed by atoms with van der Waals surface area (Å²) in [5.74, 6) is -0.711. The van der Waals surface area contributed by atoms with E-state index in [0.29, 0.717) is 31.6 Å². The van der Waals surface area contributed by atoms with Crippen LogP contribution in [-0.4, -0.2) is 96.7 Å². The Hall–Kier alpha value is -1.94. The third-order valence-corrected chi connectivity index (χ3v) is 15.7. The predicted molar refractivity (Wildman–Crippen MR) is 308 cm³/mol. The molecule has 0 spiro atoms. The van der Waals surface area contributed by atoms with Crippen LogP contribution in [0.5, 0.6) is 0 Å². The first-order valence-corrected chi connectivity index (χ1v) is 34.0. The molecule has 6 atom stereocenters. The molecule has 462 valence electrons. The topological polar surface area (TPSA) is 237 Å². The van der Waals surface area contributed by atoms with Crippen molar-refractivity contribution in [2.24, 2.45) is 11.8 Å². The number of aliphatic hydroxyl groups is 1. The molecule has 0 aromatic rings. The van der Waals surface area contributed by atoms with Crippen molar-refractivity contribution < 1.29 is 80.2 Å². The van der Waals surface area contributed by atoms with Gasteiger partial charge in [0.05, 0.1) is 26.4 Å². The second-order valence-corrected chi connectivity index (χ2v) is 25.0. The maximum absolute atomic E-state index is 12.9. The Morgan fingerprint density at radius 1 is 0.372 bits per heavy atom. The molecule has 0 saturated heterocycles. The number of carbonyl (C=O) groups excluding carboxylic acids is 4. The summed E-state index contributed by atoms with van der Waals surface area (Å²) in [4.78, 5) is 71.8. The van der Waals surface area contributed by atoms with Crippen LogP contribution in [0, 0.1) is 11.8 Å². The first-order valence-electron chi connectivity index (χ1n) is 31.0. The van der Waals surface area contributed by atoms with Gasteiger partial charge in [-0.05, 0) is 37.5 Å². The number of hydrogen-bond acceptors (Lipinski definition) is 15. The van der Waals surface area contributed by atoms with Gasteiger partial charge in [0.25, 0.3) is 0 Å². The van der Waals surface area contributed by atoms with Crippen molar-refractivity contribution in [3.8, 4) is 0 Å². The van der Waals surface area contributed by atoms with Crippen molar-refractivity contribution in [1.29, 1.82) is 0 Å². The summed E-state index contributed by atoms with van der Waals surface area (Å²) in [5, 5.41) is 10.5. The highest BCUT2D eigenvalue weighted by atomic mass is 31.2. The highest BCUT2D eigenvalue weighted by Gasteiger charge is 2.30. The molecule has 0 aromatic carbocycles. The molecule has 0 bridgehead atoms. The molecule has 0 amide bonds. The Kier molecular flexibility index (Phi) is 50.6. The number of unbranched alkanes of at least 4 members (excludes halogenated alkanes) is 27. The van der Waals surface area contributed by atoms with Gasteiger partial charge in [-0.2, -0.15) is 0 Å². The molecule has 17 nitrogen and oxygen atoms in total. The van der Waals surface area contributed by atoms with Gasteiger partial charge in [-0.3, -0.25) is 37.3 Å². The van der Waals surface area contributed by atoms with Crippen molar-refractivity contribution in [1.82, 2.24) is 0 Å². The summed E-state index contributed by atoms with van der Waals surface area (Å²) in [5.41, 5.74) is 0. The standard InChI is InChI=1S/C59H114O17P2/c1-7-10-12-14-16-17-18-23-30-36-42-57(62)70-48-54(75-58(63)43-37-31-24-20-19-22-28-34-40-52(6)9-3)49-73-77(65,66)71-45-53(60)46-72-78(67,68)74-50-55(47-69-56(61)41-35-29-21-15-13-11-8-2)76-59(64)44-38-32-26-25-27-33-39-51(4)5/h51-55,60H,7-50H2,1-6H3,(H,65,66)(H,67,68)/t52?,53-,54-,55-/m1/s1. The number of aliphatic hydroxyl groups excluding tert-OH is 1. The van der Waals surface area contributed by atoms with E-state index in [1.165, 1.54) is 89.9 Å². The third kappa shape index (κ3) is 52.2. The molecule has 0 aliphatic rings. The minimum atomic E-state index is -4.94. The fourth-order valence-corrected chi connectivity index (χ4v) is 10.2. The van der Waals surface area contributed by atoms with Gasteiger partial charge >= 0.3 is 39.5 Å². The first-order chi connectivity index (χ1) is 37.4. The number of ether oxygens (including phenoxy) is 4. The summed E-state index contributed by atoms with van der Waals surface area (Å²) in [7, 11) is -9.87. The fourth-order valence-electron chi connectivity index (χ4n) is 8.61. The Labute approximate surface area is 473 Å². The molecule has 0 heterocycles. The van der Waals surface area contributed by atoms with E-state index in [-0.39, 0.29) is 25.7 Å². The van der Waals surface area contributed by atoms with Crippen LogP contribution in [0.4, 0.5) is 0 Å². The lowest BCUT2D eigenvalue weighted by Crippen LogP contribution is -2.30. The maximum Gasteiger partial charge on any atom is 0.472 e. The van der Waals surface area contributed by atoms with Crippen molar-refractivity contribution in [3.05, 3.63) is 0 Å². The number of rotatable bonds is 58. The molecule has 0 aliphatic heterocycles. The van der Waals surface area contributed by atoms with Gasteiger partial charge in [0.15, 0.2) is 12.2 Å². The molecule has 0 aliphatic carbocycles. The lowest BCUT2D eigenvalue weighted by atomic mass is 9.99. The van der Waals surface area contributed by atoms with Crippen molar-refractivity contribution in [2.75, 3.05) is 39.6 Å². The monoisotopic (exact) mass is 1160 g/mol. The summed E-state index contributed by atoms with van der Waals surface area (Å²) < 4.78 is 67.6. The summed E-state index contributed by atoms with van der Waals surface area (Å²) >= 11 is 0. The lowest BCUT2D eigenvalue weighted by molar-refractivity contribution is -0.161. The zero-order valence-corrected chi connectivity index (χ0v) is 51.7. The minimum absolute atomic E-state index is 0.101. The van der Waals surface area contributed by atoms with E-state index < -0.39 is 97.5 Å². The van der Waals surface area contributed by atoms with E-state index in [2.05, 4.69) is 41.5 Å². The molecular weight excluding hydrogens is 1040 g/mol. The van der Waals surface area contributed by atoms with Gasteiger partial charge in [0.2, 0.25) is 0 Å². The van der Waals surface area contributed by atoms with E-state index in [1.54, 1.807) is 0 Å². The fraction of sp³-hybridized carbons (Fsp3) is 0.932. The molecule has 0 radical (unpaired) electrons. The molecule has 78 heavy (non-hydrogen) atoms. The molecular formula is C59H114O17P2. The zero-order valence-electron chi connectivity index (χ0n) is 50.0. The van der Waals surface area contributed by atoms with Crippen LogP contribution < -0.4 is 0 Å². The van der Waals surface area contributed by atoms with E-state index in [4.69, 9.17) is 37.0 Å². The second kappa shape index (κ2) is 51.9. The molecule has 0 rings (SSSR count). The van der Waals surface area contributed by atoms with Crippen LogP contribution in [0.25, 0.3) is 0 Å². The third-order valence-electron chi connectivity index (χ3n) is 13.8. The van der Waals surface area contributed by atoms with Gasteiger partial charge < -0.3 is 33.8 Å². The van der Waals surface area contributed by atoms with Crippen LogP contribution in [0.15, 0.2) is 0 Å². The van der Waals surface area contributed by atoms with Gasteiger partial charge in [-0.15, -0.1) is 0 Å². The zero-order chi connectivity index (χ0) is 58.0. The second-order valence-electron chi connectivity index (χ2n) is 22.1. The number of hydrogen-bond donors (Lipinski definition) is 3. The molecule has 3 N–H and O–H groups in total. The summed E-state index contributed by atoms with van der Waals surface area (Å²) in [6, 6.07) is 0. The molecule has 0 fully saturated rings. The first kappa shape index (κ1) is 76.1. The Morgan fingerprint density at radius 2 is 0.654 bits per heavy atom. The molecule has 0 aromatic heterocycles. The predicted octanol–water partition coefficient (Wildman–Crippen LogP) is 15.7. The molecule has 19 heteroatoms. The van der Waals surface area contributed by atoms with Gasteiger partial charge in [-0.25, -0.2) is 9.13 Å². The molecule has 0 saturated carbocycles. The van der Waals surface area contributed by atoms with Crippen LogP contribution in [0.1, 0.15) is 286 Å². The van der Waals surface area contributed by atoms with Crippen LogP contribution in [0.3, 0.4) is 0 Å². The quantitative estimate of drug-likeness (QED) is 0.0222.